The van der Waals surface area contributed by atoms with Crippen molar-refractivity contribution < 1.29 is 9.15 Å². The van der Waals surface area contributed by atoms with Gasteiger partial charge in [-0.15, -0.1) is 13.0 Å². The van der Waals surface area contributed by atoms with Crippen LogP contribution in [0.5, 0.6) is 5.75 Å². The number of fused-ring (bicyclic) bond motifs is 1. The highest BCUT2D eigenvalue weighted by atomic mass is 16.5. The van der Waals surface area contributed by atoms with Gasteiger partial charge in [0.1, 0.15) is 11.3 Å². The molecule has 0 amide bonds. The molecular weight excluding hydrogens is 336 g/mol. The lowest BCUT2D eigenvalue weighted by Gasteiger charge is -2.23. The summed E-state index contributed by atoms with van der Waals surface area (Å²) in [5, 5.41) is 0.850. The molecule has 3 nitrogen and oxygen atoms in total. The molecule has 0 saturated carbocycles. The summed E-state index contributed by atoms with van der Waals surface area (Å²) < 4.78 is 11.8. The highest BCUT2D eigenvalue weighted by Crippen LogP contribution is 2.33. The third-order valence-electron chi connectivity index (χ3n) is 4.59. The van der Waals surface area contributed by atoms with E-state index in [1.54, 1.807) is 6.08 Å². The molecule has 0 aliphatic carbocycles. The summed E-state index contributed by atoms with van der Waals surface area (Å²) in [4.78, 5) is 12.7. The normalized spacial score (nSPS) is 11.7. The lowest BCUT2D eigenvalue weighted by molar-refractivity contribution is 0.171. The van der Waals surface area contributed by atoms with Crippen molar-refractivity contribution >= 4 is 11.0 Å². The summed E-state index contributed by atoms with van der Waals surface area (Å²) >= 11 is 0. The van der Waals surface area contributed by atoms with Crippen LogP contribution >= 0.6 is 0 Å². The average molecular weight is 364 g/mol. The van der Waals surface area contributed by atoms with Gasteiger partial charge in [0.15, 0.2) is 5.60 Å². The molecule has 27 heavy (non-hydrogen) atoms. The molecule has 0 N–H and O–H groups in total. The SMILES string of the molecule is C#CC(C)(C)Oc1ccc2cc(C(C)(C)C=C)c(=O)oc2c1CC=C(C)C. The highest BCUT2D eigenvalue weighted by molar-refractivity contribution is 5.83. The minimum atomic E-state index is -0.765. The van der Waals surface area contributed by atoms with Gasteiger partial charge in [0, 0.05) is 21.9 Å². The number of allylic oxidation sites excluding steroid dienone is 3. The molecule has 0 aliphatic heterocycles. The van der Waals surface area contributed by atoms with Crippen LogP contribution in [-0.4, -0.2) is 5.60 Å². The van der Waals surface area contributed by atoms with Crippen molar-refractivity contribution in [2.45, 2.75) is 59.0 Å². The van der Waals surface area contributed by atoms with E-state index in [0.717, 1.165) is 10.9 Å². The minimum absolute atomic E-state index is 0.362. The van der Waals surface area contributed by atoms with Gasteiger partial charge in [-0.05, 0) is 52.3 Å². The fourth-order valence-electron chi connectivity index (χ4n) is 2.68. The zero-order chi connectivity index (χ0) is 20.4. The van der Waals surface area contributed by atoms with Crippen LogP contribution in [0.3, 0.4) is 0 Å². The van der Waals surface area contributed by atoms with E-state index >= 15 is 0 Å². The molecule has 2 aromatic rings. The number of ether oxygens (including phenoxy) is 1. The van der Waals surface area contributed by atoms with Gasteiger partial charge >= 0.3 is 5.63 Å². The number of hydrogen-bond acceptors (Lipinski definition) is 3. The van der Waals surface area contributed by atoms with Gasteiger partial charge in [-0.2, -0.15) is 0 Å². The summed E-state index contributed by atoms with van der Waals surface area (Å²) in [6.07, 6.45) is 9.99. The first-order valence-corrected chi connectivity index (χ1v) is 9.04. The number of terminal acetylenes is 1. The molecule has 0 fully saturated rings. The molecule has 1 heterocycles. The number of hydrogen-bond donors (Lipinski definition) is 0. The number of benzene rings is 1. The molecule has 0 aliphatic rings. The second kappa shape index (κ2) is 7.48. The van der Waals surface area contributed by atoms with E-state index in [0.29, 0.717) is 23.3 Å². The van der Waals surface area contributed by atoms with E-state index in [-0.39, 0.29) is 5.63 Å². The summed E-state index contributed by atoms with van der Waals surface area (Å²) in [5.41, 5.74) is 1.49. The Bertz CT molecular complexity index is 991. The standard InChI is InChI=1S/C24H28O3/c1-9-23(5,6)19-15-17-12-14-20(27-24(7,8)10-2)18(13-11-16(3)4)21(17)26-22(19)25/h2,9,11-12,14-15H,1,13H2,3-8H3. The summed E-state index contributed by atoms with van der Waals surface area (Å²) in [6.45, 7) is 15.4. The zero-order valence-corrected chi connectivity index (χ0v) is 17.1. The minimum Gasteiger partial charge on any atom is -0.475 e. The van der Waals surface area contributed by atoms with Gasteiger partial charge in [0.25, 0.3) is 0 Å². The predicted molar refractivity (Wildman–Crippen MR) is 112 cm³/mol. The predicted octanol–water partition coefficient (Wildman–Crippen LogP) is 5.56. The molecule has 1 aromatic heterocycles. The largest absolute Gasteiger partial charge is 0.475 e. The Hall–Kier alpha value is -2.73. The molecular formula is C24H28O3. The van der Waals surface area contributed by atoms with Crippen molar-refractivity contribution in [3.05, 3.63) is 64.1 Å². The van der Waals surface area contributed by atoms with Crippen LogP contribution in [0.4, 0.5) is 0 Å². The molecule has 0 spiro atoms. The monoisotopic (exact) mass is 364 g/mol. The molecule has 3 heteroatoms. The molecule has 142 valence electrons. The smallest absolute Gasteiger partial charge is 0.340 e. The van der Waals surface area contributed by atoms with E-state index in [1.807, 2.05) is 59.7 Å². The van der Waals surface area contributed by atoms with Crippen LogP contribution in [0.15, 0.2) is 51.7 Å². The van der Waals surface area contributed by atoms with E-state index in [1.165, 1.54) is 5.57 Å². The first kappa shape index (κ1) is 20.6. The Labute approximate surface area is 161 Å². The summed E-state index contributed by atoms with van der Waals surface area (Å²) in [6, 6.07) is 5.67. The van der Waals surface area contributed by atoms with Crippen LogP contribution in [0.1, 0.15) is 52.7 Å². The Kier molecular flexibility index (Phi) is 5.70. The topological polar surface area (TPSA) is 39.4 Å². The average Bonchev–Trinajstić information content (AvgIpc) is 2.59. The Morgan fingerprint density at radius 3 is 2.52 bits per heavy atom. The van der Waals surface area contributed by atoms with Crippen LogP contribution in [0.2, 0.25) is 0 Å². The molecule has 0 unspecified atom stereocenters. The van der Waals surface area contributed by atoms with Gasteiger partial charge in [-0.1, -0.05) is 37.5 Å². The zero-order valence-electron chi connectivity index (χ0n) is 17.1. The second-order valence-corrected chi connectivity index (χ2v) is 8.08. The molecule has 0 atom stereocenters. The van der Waals surface area contributed by atoms with Crippen molar-refractivity contribution in [2.24, 2.45) is 0 Å². The van der Waals surface area contributed by atoms with Crippen LogP contribution in [-0.2, 0) is 11.8 Å². The third-order valence-corrected chi connectivity index (χ3v) is 4.59. The van der Waals surface area contributed by atoms with Crippen LogP contribution < -0.4 is 10.4 Å². The lowest BCUT2D eigenvalue weighted by Crippen LogP contribution is -2.26. The van der Waals surface area contributed by atoms with E-state index in [2.05, 4.69) is 18.6 Å². The fraction of sp³-hybridized carbons (Fsp3) is 0.375. The van der Waals surface area contributed by atoms with Crippen LogP contribution in [0, 0.1) is 12.3 Å². The third kappa shape index (κ3) is 4.52. The highest BCUT2D eigenvalue weighted by Gasteiger charge is 2.24. The van der Waals surface area contributed by atoms with Crippen molar-refractivity contribution in [2.75, 3.05) is 0 Å². The lowest BCUT2D eigenvalue weighted by atomic mass is 9.85. The summed E-state index contributed by atoms with van der Waals surface area (Å²) in [5.74, 6) is 3.26. The van der Waals surface area contributed by atoms with Gasteiger partial charge in [0.05, 0.1) is 0 Å². The molecule has 0 bridgehead atoms. The first-order valence-electron chi connectivity index (χ1n) is 9.04. The van der Waals surface area contributed by atoms with Gasteiger partial charge in [0.2, 0.25) is 0 Å². The van der Waals surface area contributed by atoms with E-state index < -0.39 is 11.0 Å². The Balaban J connectivity index is 2.76. The summed E-state index contributed by atoms with van der Waals surface area (Å²) in [7, 11) is 0. The quantitative estimate of drug-likeness (QED) is 0.383. The Morgan fingerprint density at radius 1 is 1.30 bits per heavy atom. The van der Waals surface area contributed by atoms with E-state index in [9.17, 15) is 4.79 Å². The molecule has 0 radical (unpaired) electrons. The second-order valence-electron chi connectivity index (χ2n) is 8.08. The Morgan fingerprint density at radius 2 is 1.96 bits per heavy atom. The van der Waals surface area contributed by atoms with Gasteiger partial charge in [-0.25, -0.2) is 4.79 Å². The van der Waals surface area contributed by atoms with Gasteiger partial charge in [-0.3, -0.25) is 0 Å². The first-order chi connectivity index (χ1) is 12.5. The molecule has 0 saturated heterocycles. The maximum atomic E-state index is 12.7. The van der Waals surface area contributed by atoms with Crippen molar-refractivity contribution in [1.82, 2.24) is 0 Å². The maximum Gasteiger partial charge on any atom is 0.340 e. The fourth-order valence-corrected chi connectivity index (χ4v) is 2.68. The van der Waals surface area contributed by atoms with Crippen LogP contribution in [0.25, 0.3) is 11.0 Å². The van der Waals surface area contributed by atoms with Crippen molar-refractivity contribution in [1.29, 1.82) is 0 Å². The molecule has 1 aromatic carbocycles. The number of rotatable bonds is 6. The van der Waals surface area contributed by atoms with Gasteiger partial charge < -0.3 is 9.15 Å². The molecule has 2 rings (SSSR count). The maximum absolute atomic E-state index is 12.7. The van der Waals surface area contributed by atoms with Crippen molar-refractivity contribution in [3.63, 3.8) is 0 Å². The van der Waals surface area contributed by atoms with E-state index in [4.69, 9.17) is 15.6 Å². The van der Waals surface area contributed by atoms with Crippen molar-refractivity contribution in [3.8, 4) is 18.1 Å².